The number of phosphoric ester groups is 1. The summed E-state index contributed by atoms with van der Waals surface area (Å²) in [6, 6.07) is 0. The molecule has 96 valence electrons. The zero-order valence-corrected chi connectivity index (χ0v) is 10.3. The minimum absolute atomic E-state index is 0.189. The van der Waals surface area contributed by atoms with E-state index in [0.29, 0.717) is 0 Å². The maximum atomic E-state index is 10.8. The van der Waals surface area contributed by atoms with Crippen molar-refractivity contribution in [2.24, 2.45) is 0 Å². The first-order valence-corrected chi connectivity index (χ1v) is 6.33. The van der Waals surface area contributed by atoms with E-state index in [1.54, 1.807) is 6.92 Å². The SMILES string of the molecule is COCC1OC(C)C(OC)C1OP(=O)(O)O. The zero-order valence-electron chi connectivity index (χ0n) is 9.40. The van der Waals surface area contributed by atoms with E-state index >= 15 is 0 Å². The average Bonchev–Trinajstić information content (AvgIpc) is 2.41. The van der Waals surface area contributed by atoms with Crippen LogP contribution in [0.3, 0.4) is 0 Å². The third kappa shape index (κ3) is 3.49. The Labute approximate surface area is 93.9 Å². The molecule has 0 aliphatic carbocycles. The molecule has 0 bridgehead atoms. The molecule has 1 saturated heterocycles. The van der Waals surface area contributed by atoms with E-state index in [9.17, 15) is 4.57 Å². The van der Waals surface area contributed by atoms with E-state index in [0.717, 1.165) is 0 Å². The normalized spacial score (nSPS) is 35.6. The number of hydrogen-bond donors (Lipinski definition) is 2. The summed E-state index contributed by atoms with van der Waals surface area (Å²) in [6.45, 7) is 1.94. The van der Waals surface area contributed by atoms with Crippen LogP contribution in [0.5, 0.6) is 0 Å². The fraction of sp³-hybridized carbons (Fsp3) is 1.00. The van der Waals surface area contributed by atoms with Crippen LogP contribution < -0.4 is 0 Å². The molecule has 8 heteroatoms. The summed E-state index contributed by atoms with van der Waals surface area (Å²) in [5.41, 5.74) is 0. The molecule has 1 heterocycles. The molecule has 4 atom stereocenters. The van der Waals surface area contributed by atoms with E-state index in [2.05, 4.69) is 4.52 Å². The van der Waals surface area contributed by atoms with Crippen LogP contribution in [0.25, 0.3) is 0 Å². The Morgan fingerprint density at radius 2 is 1.94 bits per heavy atom. The second-order valence-electron chi connectivity index (χ2n) is 3.60. The first-order chi connectivity index (χ1) is 7.39. The Kier molecular flexibility index (Phi) is 4.88. The van der Waals surface area contributed by atoms with Crippen molar-refractivity contribution >= 4 is 7.82 Å². The predicted molar refractivity (Wildman–Crippen MR) is 53.9 cm³/mol. The molecule has 7 nitrogen and oxygen atoms in total. The van der Waals surface area contributed by atoms with E-state index in [1.165, 1.54) is 14.2 Å². The molecule has 1 aliphatic rings. The Morgan fingerprint density at radius 1 is 1.31 bits per heavy atom. The summed E-state index contributed by atoms with van der Waals surface area (Å²) in [4.78, 5) is 17.6. The molecule has 2 N–H and O–H groups in total. The molecule has 0 aromatic carbocycles. The molecule has 1 fully saturated rings. The molecule has 0 saturated carbocycles. The highest BCUT2D eigenvalue weighted by atomic mass is 31.2. The maximum absolute atomic E-state index is 10.8. The highest BCUT2D eigenvalue weighted by molar-refractivity contribution is 7.46. The molecule has 0 spiro atoms. The van der Waals surface area contributed by atoms with Crippen molar-refractivity contribution < 1.29 is 33.1 Å². The van der Waals surface area contributed by atoms with Crippen LogP contribution in [-0.2, 0) is 23.3 Å². The van der Waals surface area contributed by atoms with Crippen LogP contribution in [0.4, 0.5) is 0 Å². The highest BCUT2D eigenvalue weighted by Gasteiger charge is 2.46. The van der Waals surface area contributed by atoms with Gasteiger partial charge in [-0.05, 0) is 6.92 Å². The van der Waals surface area contributed by atoms with Gasteiger partial charge in [0.2, 0.25) is 0 Å². The van der Waals surface area contributed by atoms with Gasteiger partial charge in [-0.3, -0.25) is 4.52 Å². The van der Waals surface area contributed by atoms with Gasteiger partial charge in [0.05, 0.1) is 12.7 Å². The average molecular weight is 256 g/mol. The Bertz CT molecular complexity index is 265. The number of hydrogen-bond acceptors (Lipinski definition) is 5. The summed E-state index contributed by atoms with van der Waals surface area (Å²) >= 11 is 0. The number of methoxy groups -OCH3 is 2. The predicted octanol–water partition coefficient (Wildman–Crippen LogP) is -0.0870. The third-order valence-electron chi connectivity index (χ3n) is 2.40. The smallest absolute Gasteiger partial charge is 0.382 e. The van der Waals surface area contributed by atoms with Crippen LogP contribution in [0, 0.1) is 0 Å². The van der Waals surface area contributed by atoms with Gasteiger partial charge in [0.25, 0.3) is 0 Å². The monoisotopic (exact) mass is 256 g/mol. The molecule has 0 aromatic heterocycles. The summed E-state index contributed by atoms with van der Waals surface area (Å²) in [5, 5.41) is 0. The summed E-state index contributed by atoms with van der Waals surface area (Å²) in [5.74, 6) is 0. The van der Waals surface area contributed by atoms with Gasteiger partial charge in [0, 0.05) is 14.2 Å². The quantitative estimate of drug-likeness (QED) is 0.664. The molecule has 16 heavy (non-hydrogen) atoms. The van der Waals surface area contributed by atoms with Crippen molar-refractivity contribution in [1.29, 1.82) is 0 Å². The lowest BCUT2D eigenvalue weighted by Crippen LogP contribution is -2.37. The Morgan fingerprint density at radius 3 is 2.38 bits per heavy atom. The lowest BCUT2D eigenvalue weighted by atomic mass is 10.1. The first kappa shape index (κ1) is 14.1. The van der Waals surface area contributed by atoms with Gasteiger partial charge in [-0.25, -0.2) is 4.57 Å². The first-order valence-electron chi connectivity index (χ1n) is 4.80. The van der Waals surface area contributed by atoms with Crippen molar-refractivity contribution in [2.45, 2.75) is 31.3 Å². The van der Waals surface area contributed by atoms with Crippen LogP contribution in [0.1, 0.15) is 6.92 Å². The number of ether oxygens (including phenoxy) is 3. The molecule has 0 radical (unpaired) electrons. The Hall–Kier alpha value is -0.0100. The topological polar surface area (TPSA) is 94.5 Å². The Balaban J connectivity index is 2.75. The van der Waals surface area contributed by atoms with Gasteiger partial charge in [0.15, 0.2) is 0 Å². The van der Waals surface area contributed by atoms with Crippen LogP contribution in [0.2, 0.25) is 0 Å². The second kappa shape index (κ2) is 5.55. The lowest BCUT2D eigenvalue weighted by Gasteiger charge is -2.22. The molecule has 4 unspecified atom stereocenters. The minimum atomic E-state index is -4.57. The van der Waals surface area contributed by atoms with Crippen LogP contribution >= 0.6 is 7.82 Å². The minimum Gasteiger partial charge on any atom is -0.382 e. The second-order valence-corrected chi connectivity index (χ2v) is 4.79. The fourth-order valence-corrected chi connectivity index (χ4v) is 2.39. The molecule has 0 amide bonds. The zero-order chi connectivity index (χ0) is 12.3. The molecule has 1 rings (SSSR count). The summed E-state index contributed by atoms with van der Waals surface area (Å²) in [7, 11) is -1.65. The molecular formula is C8H17O7P. The van der Waals surface area contributed by atoms with Gasteiger partial charge in [-0.2, -0.15) is 0 Å². The number of phosphoric acid groups is 1. The van der Waals surface area contributed by atoms with E-state index in [-0.39, 0.29) is 12.7 Å². The van der Waals surface area contributed by atoms with Crippen molar-refractivity contribution in [3.05, 3.63) is 0 Å². The molecule has 1 aliphatic heterocycles. The van der Waals surface area contributed by atoms with E-state index in [4.69, 9.17) is 24.0 Å². The maximum Gasteiger partial charge on any atom is 0.470 e. The highest BCUT2D eigenvalue weighted by Crippen LogP contribution is 2.42. The van der Waals surface area contributed by atoms with Gasteiger partial charge in [0.1, 0.15) is 18.3 Å². The van der Waals surface area contributed by atoms with Crippen molar-refractivity contribution in [3.63, 3.8) is 0 Å². The van der Waals surface area contributed by atoms with Crippen molar-refractivity contribution in [2.75, 3.05) is 20.8 Å². The standard InChI is InChI=1S/C8H17O7P/c1-5-7(13-3)8(15-16(9,10)11)6(14-5)4-12-2/h5-8H,4H2,1-3H3,(H2,9,10,11). The van der Waals surface area contributed by atoms with Crippen LogP contribution in [0.15, 0.2) is 0 Å². The molecule has 0 aromatic rings. The van der Waals surface area contributed by atoms with E-state index < -0.39 is 26.1 Å². The van der Waals surface area contributed by atoms with Gasteiger partial charge >= 0.3 is 7.82 Å². The van der Waals surface area contributed by atoms with Gasteiger partial charge < -0.3 is 24.0 Å². The fourth-order valence-electron chi connectivity index (χ4n) is 1.82. The van der Waals surface area contributed by atoms with Gasteiger partial charge in [-0.15, -0.1) is 0 Å². The van der Waals surface area contributed by atoms with E-state index in [1.807, 2.05) is 0 Å². The lowest BCUT2D eigenvalue weighted by molar-refractivity contribution is -0.0285. The van der Waals surface area contributed by atoms with Crippen LogP contribution in [-0.4, -0.2) is 55.0 Å². The summed E-state index contributed by atoms with van der Waals surface area (Å²) < 4.78 is 31.0. The van der Waals surface area contributed by atoms with Crippen molar-refractivity contribution in [3.8, 4) is 0 Å². The third-order valence-corrected chi connectivity index (χ3v) is 2.92. The summed E-state index contributed by atoms with van der Waals surface area (Å²) in [6.07, 6.45) is -2.20. The van der Waals surface area contributed by atoms with Gasteiger partial charge in [-0.1, -0.05) is 0 Å². The largest absolute Gasteiger partial charge is 0.470 e. The van der Waals surface area contributed by atoms with Crippen molar-refractivity contribution in [1.82, 2.24) is 0 Å². The molecular weight excluding hydrogens is 239 g/mol. The number of rotatable bonds is 5.